The van der Waals surface area contributed by atoms with Gasteiger partial charge in [0, 0.05) is 17.5 Å². The van der Waals surface area contributed by atoms with Crippen LogP contribution < -0.4 is 5.32 Å². The van der Waals surface area contributed by atoms with Crippen molar-refractivity contribution < 1.29 is 18.3 Å². The van der Waals surface area contributed by atoms with Crippen LogP contribution in [-0.4, -0.2) is 29.5 Å². The highest BCUT2D eigenvalue weighted by Crippen LogP contribution is 2.43. The minimum atomic E-state index is -4.11. The molecule has 0 aromatic carbocycles. The fourth-order valence-corrected chi connectivity index (χ4v) is 3.17. The zero-order valence-corrected chi connectivity index (χ0v) is 10.9. The molecule has 0 amide bonds. The third-order valence-electron chi connectivity index (χ3n) is 4.82. The van der Waals surface area contributed by atoms with Crippen LogP contribution >= 0.6 is 0 Å². The topological polar surface area (TPSA) is 32.3 Å². The fourth-order valence-electron chi connectivity index (χ4n) is 3.17. The van der Waals surface area contributed by atoms with Crippen molar-refractivity contribution in [3.63, 3.8) is 0 Å². The van der Waals surface area contributed by atoms with Gasteiger partial charge in [0.15, 0.2) is 0 Å². The Morgan fingerprint density at radius 2 is 1.78 bits per heavy atom. The summed E-state index contributed by atoms with van der Waals surface area (Å²) in [6.07, 6.45) is -1.59. The van der Waals surface area contributed by atoms with Crippen molar-refractivity contribution in [2.24, 2.45) is 11.3 Å². The van der Waals surface area contributed by atoms with Crippen molar-refractivity contribution in [2.45, 2.75) is 70.3 Å². The van der Waals surface area contributed by atoms with E-state index in [2.05, 4.69) is 5.32 Å². The molecule has 2 saturated carbocycles. The Morgan fingerprint density at radius 1 is 1.17 bits per heavy atom. The summed E-state index contributed by atoms with van der Waals surface area (Å²) in [4.78, 5) is 0. The number of aliphatic hydroxyl groups is 1. The zero-order chi connectivity index (χ0) is 13.6. The molecule has 4 unspecified atom stereocenters. The van der Waals surface area contributed by atoms with Crippen LogP contribution in [0.25, 0.3) is 0 Å². The molecular formula is C13H22F3NO. The lowest BCUT2D eigenvalue weighted by Crippen LogP contribution is -2.63. The van der Waals surface area contributed by atoms with E-state index in [0.717, 1.165) is 6.42 Å². The summed E-state index contributed by atoms with van der Waals surface area (Å²) >= 11 is 0. The van der Waals surface area contributed by atoms with E-state index >= 15 is 0 Å². The van der Waals surface area contributed by atoms with Crippen LogP contribution in [0.5, 0.6) is 0 Å². The highest BCUT2D eigenvalue weighted by molar-refractivity contribution is 5.03. The molecule has 0 spiro atoms. The smallest absolute Gasteiger partial charge is 0.392 e. The van der Waals surface area contributed by atoms with E-state index in [4.69, 9.17) is 0 Å². The normalized spacial score (nSPS) is 40.3. The van der Waals surface area contributed by atoms with E-state index in [1.807, 2.05) is 13.8 Å². The zero-order valence-electron chi connectivity index (χ0n) is 10.9. The Bertz CT molecular complexity index is 303. The van der Waals surface area contributed by atoms with Crippen LogP contribution in [0, 0.1) is 11.3 Å². The maximum Gasteiger partial charge on any atom is 0.393 e. The minimum absolute atomic E-state index is 0.000417. The second-order valence-corrected chi connectivity index (χ2v) is 6.33. The molecular weight excluding hydrogens is 243 g/mol. The van der Waals surface area contributed by atoms with Crippen LogP contribution in [0.3, 0.4) is 0 Å². The number of halogens is 3. The molecule has 106 valence electrons. The van der Waals surface area contributed by atoms with Gasteiger partial charge >= 0.3 is 6.18 Å². The van der Waals surface area contributed by atoms with Gasteiger partial charge in [0.05, 0.1) is 12.0 Å². The van der Waals surface area contributed by atoms with Crippen molar-refractivity contribution >= 4 is 0 Å². The van der Waals surface area contributed by atoms with Gasteiger partial charge in [0.25, 0.3) is 0 Å². The first-order valence-corrected chi connectivity index (χ1v) is 6.73. The Kier molecular flexibility index (Phi) is 3.67. The van der Waals surface area contributed by atoms with Crippen molar-refractivity contribution in [3.8, 4) is 0 Å². The summed E-state index contributed by atoms with van der Waals surface area (Å²) in [6.45, 7) is 3.81. The predicted molar refractivity (Wildman–Crippen MR) is 63.1 cm³/mol. The number of hydrogen-bond donors (Lipinski definition) is 2. The first-order valence-electron chi connectivity index (χ1n) is 6.73. The molecule has 2 nitrogen and oxygen atoms in total. The Balaban J connectivity index is 1.99. The van der Waals surface area contributed by atoms with Gasteiger partial charge < -0.3 is 10.4 Å². The summed E-state index contributed by atoms with van der Waals surface area (Å²) in [5.41, 5.74) is -0.312. The van der Waals surface area contributed by atoms with E-state index in [-0.39, 0.29) is 17.9 Å². The molecule has 4 atom stereocenters. The van der Waals surface area contributed by atoms with Gasteiger partial charge in [-0.3, -0.25) is 0 Å². The monoisotopic (exact) mass is 265 g/mol. The van der Waals surface area contributed by atoms with Gasteiger partial charge in [-0.05, 0) is 19.3 Å². The van der Waals surface area contributed by atoms with E-state index in [0.29, 0.717) is 19.3 Å². The van der Waals surface area contributed by atoms with Gasteiger partial charge in [0.2, 0.25) is 0 Å². The Morgan fingerprint density at radius 3 is 2.28 bits per heavy atom. The van der Waals surface area contributed by atoms with Crippen molar-refractivity contribution in [1.82, 2.24) is 5.32 Å². The highest BCUT2D eigenvalue weighted by Gasteiger charge is 2.51. The first-order chi connectivity index (χ1) is 8.23. The van der Waals surface area contributed by atoms with Crippen LogP contribution in [0.1, 0.15) is 46.0 Å². The third-order valence-corrected chi connectivity index (χ3v) is 4.82. The molecule has 0 saturated heterocycles. The van der Waals surface area contributed by atoms with Crippen molar-refractivity contribution in [1.29, 1.82) is 0 Å². The lowest BCUT2D eigenvalue weighted by Gasteiger charge is -2.52. The number of nitrogens with one attached hydrogen (secondary N) is 1. The molecule has 0 heterocycles. The number of alkyl halides is 3. The average Bonchev–Trinajstić information content (AvgIpc) is 2.28. The second-order valence-electron chi connectivity index (χ2n) is 6.33. The van der Waals surface area contributed by atoms with E-state index in [9.17, 15) is 18.3 Å². The minimum Gasteiger partial charge on any atom is -0.392 e. The number of aliphatic hydroxyl groups excluding tert-OH is 1. The Labute approximate surface area is 106 Å². The Hall–Kier alpha value is -0.290. The van der Waals surface area contributed by atoms with Gasteiger partial charge in [-0.25, -0.2) is 0 Å². The van der Waals surface area contributed by atoms with Gasteiger partial charge in [-0.15, -0.1) is 0 Å². The van der Waals surface area contributed by atoms with Crippen LogP contribution in [0.2, 0.25) is 0 Å². The SMILES string of the molecule is CC1(C)C(O)CC1NC1CCCCC1C(F)(F)F. The molecule has 0 aromatic heterocycles. The molecule has 2 aliphatic carbocycles. The summed E-state index contributed by atoms with van der Waals surface area (Å²) in [7, 11) is 0. The summed E-state index contributed by atoms with van der Waals surface area (Å²) in [5, 5.41) is 12.8. The maximum absolute atomic E-state index is 12.9. The van der Waals surface area contributed by atoms with Gasteiger partial charge in [-0.1, -0.05) is 26.7 Å². The average molecular weight is 265 g/mol. The van der Waals surface area contributed by atoms with Gasteiger partial charge in [-0.2, -0.15) is 13.2 Å². The van der Waals surface area contributed by atoms with E-state index in [1.165, 1.54) is 0 Å². The highest BCUT2D eigenvalue weighted by atomic mass is 19.4. The molecule has 2 fully saturated rings. The molecule has 2 N–H and O–H groups in total. The van der Waals surface area contributed by atoms with Crippen molar-refractivity contribution in [2.75, 3.05) is 0 Å². The van der Waals surface area contributed by atoms with Crippen molar-refractivity contribution in [3.05, 3.63) is 0 Å². The molecule has 0 bridgehead atoms. The number of rotatable bonds is 2. The van der Waals surface area contributed by atoms with Crippen LogP contribution in [-0.2, 0) is 0 Å². The molecule has 0 radical (unpaired) electrons. The molecule has 0 aromatic rings. The number of hydrogen-bond acceptors (Lipinski definition) is 2. The first kappa shape index (κ1) is 14.1. The molecule has 5 heteroatoms. The quantitative estimate of drug-likeness (QED) is 0.804. The predicted octanol–water partition coefficient (Wildman–Crippen LogP) is 2.86. The summed E-state index contributed by atoms with van der Waals surface area (Å²) in [5.74, 6) is -1.22. The molecule has 18 heavy (non-hydrogen) atoms. The standard InChI is InChI=1S/C13H22F3NO/c1-12(2)10(7-11(12)18)17-9-6-4-3-5-8(9)13(14,15)16/h8-11,17-18H,3-7H2,1-2H3. The largest absolute Gasteiger partial charge is 0.393 e. The van der Waals surface area contributed by atoms with Crippen LogP contribution in [0.15, 0.2) is 0 Å². The van der Waals surface area contributed by atoms with E-state index < -0.39 is 24.2 Å². The summed E-state index contributed by atoms with van der Waals surface area (Å²) in [6, 6.07) is -0.476. The van der Waals surface area contributed by atoms with E-state index in [1.54, 1.807) is 0 Å². The summed E-state index contributed by atoms with van der Waals surface area (Å²) < 4.78 is 38.8. The van der Waals surface area contributed by atoms with Crippen LogP contribution in [0.4, 0.5) is 13.2 Å². The maximum atomic E-state index is 12.9. The molecule has 2 rings (SSSR count). The molecule has 0 aliphatic heterocycles. The second kappa shape index (κ2) is 4.67. The third kappa shape index (κ3) is 2.52. The lowest BCUT2D eigenvalue weighted by molar-refractivity contribution is -0.193. The molecule has 2 aliphatic rings. The van der Waals surface area contributed by atoms with Gasteiger partial charge in [0.1, 0.15) is 0 Å². The fraction of sp³-hybridized carbons (Fsp3) is 1.00. The lowest BCUT2D eigenvalue weighted by atomic mass is 9.64.